The van der Waals surface area contributed by atoms with Crippen LogP contribution in [-0.2, 0) is 10.3 Å². The van der Waals surface area contributed by atoms with Crippen molar-refractivity contribution >= 4 is 0 Å². The standard InChI is InChI=1S/C11H13FO/c1-8(2)11(7-13-11)9-4-3-5-10(12)6-9/h3-6,8H,7H2,1-2H3. The molecule has 1 aromatic rings. The number of halogens is 1. The predicted molar refractivity (Wildman–Crippen MR) is 48.9 cm³/mol. The van der Waals surface area contributed by atoms with Crippen molar-refractivity contribution < 1.29 is 9.13 Å². The zero-order valence-corrected chi connectivity index (χ0v) is 7.88. The molecule has 0 radical (unpaired) electrons. The summed E-state index contributed by atoms with van der Waals surface area (Å²) in [4.78, 5) is 0. The lowest BCUT2D eigenvalue weighted by atomic mass is 9.89. The molecule has 1 aliphatic heterocycles. The highest BCUT2D eigenvalue weighted by atomic mass is 19.1. The fourth-order valence-corrected chi connectivity index (χ4v) is 1.66. The van der Waals surface area contributed by atoms with Gasteiger partial charge in [0.2, 0.25) is 0 Å². The number of hydrogen-bond acceptors (Lipinski definition) is 1. The Morgan fingerprint density at radius 1 is 1.46 bits per heavy atom. The zero-order valence-electron chi connectivity index (χ0n) is 7.88. The van der Waals surface area contributed by atoms with E-state index < -0.39 is 0 Å². The first-order valence-corrected chi connectivity index (χ1v) is 4.55. The quantitative estimate of drug-likeness (QED) is 0.637. The summed E-state index contributed by atoms with van der Waals surface area (Å²) >= 11 is 0. The smallest absolute Gasteiger partial charge is 0.123 e. The van der Waals surface area contributed by atoms with Crippen LogP contribution in [0.5, 0.6) is 0 Å². The summed E-state index contributed by atoms with van der Waals surface area (Å²) in [6.45, 7) is 4.91. The van der Waals surface area contributed by atoms with Gasteiger partial charge in [0.05, 0.1) is 6.61 Å². The number of epoxide rings is 1. The molecule has 1 aliphatic rings. The third kappa shape index (κ3) is 1.35. The van der Waals surface area contributed by atoms with E-state index in [2.05, 4.69) is 13.8 Å². The lowest BCUT2D eigenvalue weighted by molar-refractivity contribution is 0.242. The molecule has 1 heterocycles. The first kappa shape index (κ1) is 8.70. The molecule has 0 aliphatic carbocycles. The molecule has 1 aromatic carbocycles. The van der Waals surface area contributed by atoms with Gasteiger partial charge in [-0.1, -0.05) is 26.0 Å². The number of benzene rings is 1. The molecule has 0 N–H and O–H groups in total. The van der Waals surface area contributed by atoms with Gasteiger partial charge in [-0.15, -0.1) is 0 Å². The zero-order chi connectivity index (χ0) is 9.47. The second-order valence-electron chi connectivity index (χ2n) is 3.84. The third-order valence-electron chi connectivity index (χ3n) is 2.70. The van der Waals surface area contributed by atoms with Gasteiger partial charge in [-0.2, -0.15) is 0 Å². The van der Waals surface area contributed by atoms with E-state index in [1.165, 1.54) is 6.07 Å². The number of ether oxygens (including phenoxy) is 1. The van der Waals surface area contributed by atoms with Crippen molar-refractivity contribution in [3.8, 4) is 0 Å². The minimum absolute atomic E-state index is 0.187. The Balaban J connectivity index is 2.35. The first-order valence-electron chi connectivity index (χ1n) is 4.55. The summed E-state index contributed by atoms with van der Waals surface area (Å²) in [5.74, 6) is 0.210. The highest BCUT2D eigenvalue weighted by Gasteiger charge is 2.49. The van der Waals surface area contributed by atoms with E-state index in [9.17, 15) is 4.39 Å². The molecule has 2 rings (SSSR count). The topological polar surface area (TPSA) is 12.5 Å². The maximum Gasteiger partial charge on any atom is 0.123 e. The molecule has 1 unspecified atom stereocenters. The van der Waals surface area contributed by atoms with Crippen molar-refractivity contribution in [2.75, 3.05) is 6.61 Å². The molecule has 0 spiro atoms. The molecule has 0 aromatic heterocycles. The van der Waals surface area contributed by atoms with Crippen molar-refractivity contribution in [1.82, 2.24) is 0 Å². The van der Waals surface area contributed by atoms with Crippen molar-refractivity contribution in [3.05, 3.63) is 35.6 Å². The third-order valence-corrected chi connectivity index (χ3v) is 2.70. The molecule has 1 nitrogen and oxygen atoms in total. The Morgan fingerprint density at radius 3 is 2.62 bits per heavy atom. The Labute approximate surface area is 77.5 Å². The Morgan fingerprint density at radius 2 is 2.15 bits per heavy atom. The van der Waals surface area contributed by atoms with Gasteiger partial charge in [-0.25, -0.2) is 4.39 Å². The molecule has 1 saturated heterocycles. The van der Waals surface area contributed by atoms with Gasteiger partial charge in [-0.05, 0) is 23.6 Å². The van der Waals surface area contributed by atoms with Crippen LogP contribution in [0.3, 0.4) is 0 Å². The molecular formula is C11H13FO. The van der Waals surface area contributed by atoms with E-state index in [0.717, 1.165) is 5.56 Å². The van der Waals surface area contributed by atoms with E-state index >= 15 is 0 Å². The highest BCUT2D eigenvalue weighted by molar-refractivity contribution is 5.28. The average molecular weight is 180 g/mol. The van der Waals surface area contributed by atoms with Crippen LogP contribution in [0.2, 0.25) is 0 Å². The van der Waals surface area contributed by atoms with Crippen LogP contribution >= 0.6 is 0 Å². The van der Waals surface area contributed by atoms with Crippen LogP contribution in [0.15, 0.2) is 24.3 Å². The van der Waals surface area contributed by atoms with E-state index in [1.54, 1.807) is 12.1 Å². The maximum atomic E-state index is 12.9. The monoisotopic (exact) mass is 180 g/mol. The van der Waals surface area contributed by atoms with E-state index in [-0.39, 0.29) is 11.4 Å². The molecule has 0 saturated carbocycles. The van der Waals surface area contributed by atoms with Crippen LogP contribution < -0.4 is 0 Å². The summed E-state index contributed by atoms with van der Waals surface area (Å²) in [5, 5.41) is 0. The molecule has 0 bridgehead atoms. The number of rotatable bonds is 2. The van der Waals surface area contributed by atoms with E-state index in [1.807, 2.05) is 6.07 Å². The van der Waals surface area contributed by atoms with E-state index in [4.69, 9.17) is 4.74 Å². The molecule has 70 valence electrons. The van der Waals surface area contributed by atoms with Gasteiger partial charge in [0.25, 0.3) is 0 Å². The predicted octanol–water partition coefficient (Wildman–Crippen LogP) is 2.71. The van der Waals surface area contributed by atoms with Gasteiger partial charge in [0, 0.05) is 0 Å². The summed E-state index contributed by atoms with van der Waals surface area (Å²) in [5.41, 5.74) is 0.754. The van der Waals surface area contributed by atoms with Crippen LogP contribution in [-0.4, -0.2) is 6.61 Å². The summed E-state index contributed by atoms with van der Waals surface area (Å²) in [7, 11) is 0. The Bertz CT molecular complexity index is 316. The first-order chi connectivity index (χ1) is 6.15. The summed E-state index contributed by atoms with van der Waals surface area (Å²) < 4.78 is 18.4. The Hall–Kier alpha value is -0.890. The minimum Gasteiger partial charge on any atom is -0.364 e. The maximum absolute atomic E-state index is 12.9. The lowest BCUT2D eigenvalue weighted by Gasteiger charge is -2.16. The molecule has 1 atom stereocenters. The van der Waals surface area contributed by atoms with Gasteiger partial charge in [-0.3, -0.25) is 0 Å². The van der Waals surface area contributed by atoms with Gasteiger partial charge in [0.1, 0.15) is 11.4 Å². The summed E-state index contributed by atoms with van der Waals surface area (Å²) in [6, 6.07) is 6.68. The highest BCUT2D eigenvalue weighted by Crippen LogP contribution is 2.45. The lowest BCUT2D eigenvalue weighted by Crippen LogP contribution is -2.16. The van der Waals surface area contributed by atoms with Crippen LogP contribution in [0, 0.1) is 11.7 Å². The molecular weight excluding hydrogens is 167 g/mol. The fourth-order valence-electron chi connectivity index (χ4n) is 1.66. The minimum atomic E-state index is -0.206. The van der Waals surface area contributed by atoms with Crippen molar-refractivity contribution in [3.63, 3.8) is 0 Å². The second kappa shape index (κ2) is 2.81. The molecule has 1 fully saturated rings. The summed E-state index contributed by atoms with van der Waals surface area (Å²) in [6.07, 6.45) is 0. The Kier molecular flexibility index (Phi) is 1.88. The van der Waals surface area contributed by atoms with Gasteiger partial charge < -0.3 is 4.74 Å². The molecule has 2 heteroatoms. The molecule has 13 heavy (non-hydrogen) atoms. The van der Waals surface area contributed by atoms with Crippen LogP contribution in [0.1, 0.15) is 19.4 Å². The van der Waals surface area contributed by atoms with Crippen LogP contribution in [0.4, 0.5) is 4.39 Å². The van der Waals surface area contributed by atoms with Gasteiger partial charge in [0.15, 0.2) is 0 Å². The average Bonchev–Trinajstić information content (AvgIpc) is 2.83. The van der Waals surface area contributed by atoms with Gasteiger partial charge >= 0.3 is 0 Å². The SMILES string of the molecule is CC(C)C1(c2cccc(F)c2)CO1. The van der Waals surface area contributed by atoms with Crippen LogP contribution in [0.25, 0.3) is 0 Å². The molecule has 0 amide bonds. The second-order valence-corrected chi connectivity index (χ2v) is 3.84. The van der Waals surface area contributed by atoms with E-state index in [0.29, 0.717) is 12.5 Å². The van der Waals surface area contributed by atoms with Crippen molar-refractivity contribution in [2.45, 2.75) is 19.4 Å². The van der Waals surface area contributed by atoms with Crippen molar-refractivity contribution in [1.29, 1.82) is 0 Å². The fraction of sp³-hybridized carbons (Fsp3) is 0.455. The van der Waals surface area contributed by atoms with Crippen molar-refractivity contribution in [2.24, 2.45) is 5.92 Å². The largest absolute Gasteiger partial charge is 0.364 e. The number of hydrogen-bond donors (Lipinski definition) is 0. The normalized spacial score (nSPS) is 26.5.